The van der Waals surface area contributed by atoms with Crippen molar-refractivity contribution in [2.75, 3.05) is 5.32 Å². The Hall–Kier alpha value is -2.55. The largest absolute Gasteiger partial charge is 0.335 e. The number of carbonyl (C=O) groups is 1. The van der Waals surface area contributed by atoms with Gasteiger partial charge in [-0.2, -0.15) is 0 Å². The van der Waals surface area contributed by atoms with Crippen molar-refractivity contribution in [3.8, 4) is 0 Å². The molecular formula is C21H24N2O. The Labute approximate surface area is 143 Å². The maximum atomic E-state index is 12.7. The molecule has 0 saturated heterocycles. The molecule has 0 aliphatic carbocycles. The molecule has 3 heteroatoms. The van der Waals surface area contributed by atoms with E-state index in [2.05, 4.69) is 48.0 Å². The fourth-order valence-corrected chi connectivity index (χ4v) is 3.22. The van der Waals surface area contributed by atoms with Crippen LogP contribution in [0.1, 0.15) is 36.6 Å². The van der Waals surface area contributed by atoms with E-state index in [4.69, 9.17) is 0 Å². The number of nitrogens with one attached hydrogen (secondary N) is 1. The number of rotatable bonds is 4. The highest BCUT2D eigenvalue weighted by atomic mass is 16.1. The van der Waals surface area contributed by atoms with Gasteiger partial charge >= 0.3 is 0 Å². The van der Waals surface area contributed by atoms with Crippen LogP contribution in [-0.4, -0.2) is 10.5 Å². The Morgan fingerprint density at radius 2 is 1.83 bits per heavy atom. The number of benzene rings is 2. The number of aromatic nitrogens is 1. The third-order valence-electron chi connectivity index (χ3n) is 4.51. The molecule has 0 fully saturated rings. The summed E-state index contributed by atoms with van der Waals surface area (Å²) in [7, 11) is 0. The molecule has 24 heavy (non-hydrogen) atoms. The van der Waals surface area contributed by atoms with E-state index in [-0.39, 0.29) is 5.91 Å². The lowest BCUT2D eigenvalue weighted by atomic mass is 9.98. The van der Waals surface area contributed by atoms with Gasteiger partial charge in [-0.25, -0.2) is 0 Å². The van der Waals surface area contributed by atoms with Gasteiger partial charge in [0.05, 0.1) is 0 Å². The summed E-state index contributed by atoms with van der Waals surface area (Å²) in [5.74, 6) is 0.380. The first-order chi connectivity index (χ1) is 11.5. The average Bonchev–Trinajstić information content (AvgIpc) is 2.85. The number of nitrogens with zero attached hydrogens (tertiary/aromatic N) is 1. The highest BCUT2D eigenvalue weighted by molar-refractivity contribution is 5.93. The molecule has 3 nitrogen and oxygen atoms in total. The lowest BCUT2D eigenvalue weighted by Crippen LogP contribution is -2.21. The van der Waals surface area contributed by atoms with Gasteiger partial charge in [-0.15, -0.1) is 0 Å². The summed E-state index contributed by atoms with van der Waals surface area (Å²) in [6.07, 6.45) is 0. The lowest BCUT2D eigenvalue weighted by Gasteiger charge is -2.17. The second-order valence-electron chi connectivity index (χ2n) is 6.67. The zero-order chi connectivity index (χ0) is 17.3. The van der Waals surface area contributed by atoms with Gasteiger partial charge in [-0.1, -0.05) is 50.2 Å². The molecule has 0 atom stereocenters. The average molecular weight is 320 g/mol. The van der Waals surface area contributed by atoms with E-state index in [0.717, 1.165) is 22.5 Å². The van der Waals surface area contributed by atoms with Crippen LogP contribution in [0.2, 0.25) is 0 Å². The van der Waals surface area contributed by atoms with Crippen LogP contribution in [0.5, 0.6) is 0 Å². The maximum absolute atomic E-state index is 12.7. The van der Waals surface area contributed by atoms with Crippen LogP contribution in [0.4, 0.5) is 5.69 Å². The highest BCUT2D eigenvalue weighted by Crippen LogP contribution is 2.27. The molecule has 1 aromatic heterocycles. The van der Waals surface area contributed by atoms with Gasteiger partial charge in [0.2, 0.25) is 5.91 Å². The summed E-state index contributed by atoms with van der Waals surface area (Å²) in [4.78, 5) is 12.7. The molecule has 0 saturated carbocycles. The van der Waals surface area contributed by atoms with E-state index in [1.807, 2.05) is 38.1 Å². The van der Waals surface area contributed by atoms with Crippen molar-refractivity contribution in [2.45, 2.75) is 40.2 Å². The second-order valence-corrected chi connectivity index (χ2v) is 6.67. The number of fused-ring (bicyclic) bond motifs is 1. The van der Waals surface area contributed by atoms with Crippen molar-refractivity contribution in [2.24, 2.45) is 0 Å². The topological polar surface area (TPSA) is 34.0 Å². The van der Waals surface area contributed by atoms with Crippen LogP contribution in [0, 0.1) is 13.8 Å². The predicted molar refractivity (Wildman–Crippen MR) is 101 cm³/mol. The van der Waals surface area contributed by atoms with Crippen molar-refractivity contribution in [1.29, 1.82) is 0 Å². The fourth-order valence-electron chi connectivity index (χ4n) is 3.22. The second kappa shape index (κ2) is 6.52. The molecule has 124 valence electrons. The van der Waals surface area contributed by atoms with E-state index in [1.165, 1.54) is 10.9 Å². The molecule has 1 heterocycles. The lowest BCUT2D eigenvalue weighted by molar-refractivity contribution is -0.116. The fraction of sp³-hybridized carbons (Fsp3) is 0.286. The van der Waals surface area contributed by atoms with Crippen LogP contribution in [-0.2, 0) is 11.3 Å². The quantitative estimate of drug-likeness (QED) is 0.719. The van der Waals surface area contributed by atoms with Crippen molar-refractivity contribution < 1.29 is 4.79 Å². The van der Waals surface area contributed by atoms with E-state index in [1.54, 1.807) is 0 Å². The van der Waals surface area contributed by atoms with Crippen LogP contribution >= 0.6 is 0 Å². The predicted octanol–water partition coefficient (Wildman–Crippen LogP) is 5.02. The molecule has 0 radical (unpaired) electrons. The Balaban J connectivity index is 1.88. The van der Waals surface area contributed by atoms with Gasteiger partial charge in [0, 0.05) is 16.9 Å². The first-order valence-electron chi connectivity index (χ1n) is 8.41. The van der Waals surface area contributed by atoms with E-state index in [9.17, 15) is 4.79 Å². The number of hydrogen-bond donors (Lipinski definition) is 1. The van der Waals surface area contributed by atoms with Crippen molar-refractivity contribution in [3.63, 3.8) is 0 Å². The highest BCUT2D eigenvalue weighted by Gasteiger charge is 2.14. The van der Waals surface area contributed by atoms with Crippen molar-refractivity contribution in [1.82, 2.24) is 4.57 Å². The summed E-state index contributed by atoms with van der Waals surface area (Å²) in [6, 6.07) is 16.5. The molecule has 3 rings (SSSR count). The van der Waals surface area contributed by atoms with Crippen LogP contribution in [0.15, 0.2) is 48.5 Å². The Morgan fingerprint density at radius 1 is 1.08 bits per heavy atom. The normalized spacial score (nSPS) is 11.2. The van der Waals surface area contributed by atoms with Gasteiger partial charge in [-0.05, 0) is 48.4 Å². The van der Waals surface area contributed by atoms with E-state index in [0.29, 0.717) is 12.5 Å². The van der Waals surface area contributed by atoms with Crippen molar-refractivity contribution in [3.05, 3.63) is 65.4 Å². The molecule has 0 aliphatic rings. The Morgan fingerprint density at radius 3 is 2.58 bits per heavy atom. The molecular weight excluding hydrogens is 296 g/mol. The summed E-state index contributed by atoms with van der Waals surface area (Å²) in [6.45, 7) is 8.70. The van der Waals surface area contributed by atoms with Gasteiger partial charge in [0.25, 0.3) is 0 Å². The summed E-state index contributed by atoms with van der Waals surface area (Å²) in [5, 5.41) is 4.30. The number of anilines is 1. The van der Waals surface area contributed by atoms with Gasteiger partial charge in [0.15, 0.2) is 0 Å². The third-order valence-corrected chi connectivity index (χ3v) is 4.51. The zero-order valence-electron chi connectivity index (χ0n) is 14.8. The van der Waals surface area contributed by atoms with Gasteiger partial charge < -0.3 is 9.88 Å². The van der Waals surface area contributed by atoms with Gasteiger partial charge in [0.1, 0.15) is 6.54 Å². The summed E-state index contributed by atoms with van der Waals surface area (Å²) < 4.78 is 2.07. The monoisotopic (exact) mass is 320 g/mol. The first kappa shape index (κ1) is 16.3. The van der Waals surface area contributed by atoms with Crippen LogP contribution in [0.3, 0.4) is 0 Å². The zero-order valence-corrected chi connectivity index (χ0v) is 14.8. The molecule has 0 spiro atoms. The smallest absolute Gasteiger partial charge is 0.244 e. The number of para-hydroxylation sites is 2. The van der Waals surface area contributed by atoms with Crippen LogP contribution < -0.4 is 5.32 Å². The molecule has 2 aromatic carbocycles. The molecule has 0 bridgehead atoms. The van der Waals surface area contributed by atoms with Crippen molar-refractivity contribution >= 4 is 22.5 Å². The number of hydrogen-bond acceptors (Lipinski definition) is 1. The summed E-state index contributed by atoms with van der Waals surface area (Å²) >= 11 is 0. The minimum atomic E-state index is 0.00986. The number of carbonyl (C=O) groups excluding carboxylic acids is 1. The molecule has 0 unspecified atom stereocenters. The van der Waals surface area contributed by atoms with E-state index >= 15 is 0 Å². The number of aryl methyl sites for hydroxylation is 2. The minimum absolute atomic E-state index is 0.00986. The molecule has 1 amide bonds. The standard InChI is InChI=1S/C21H24N2O/c1-14(2)18-10-7-8-15(3)21(18)22-20(24)13-23-16(4)12-17-9-5-6-11-19(17)23/h5-12,14H,13H2,1-4H3,(H,22,24). The molecule has 0 aliphatic heterocycles. The van der Waals surface area contributed by atoms with Gasteiger partial charge in [-0.3, -0.25) is 4.79 Å². The Bertz CT molecular complexity index is 890. The first-order valence-corrected chi connectivity index (χ1v) is 8.41. The maximum Gasteiger partial charge on any atom is 0.244 e. The van der Waals surface area contributed by atoms with E-state index < -0.39 is 0 Å². The Kier molecular flexibility index (Phi) is 4.43. The number of amides is 1. The SMILES string of the molecule is Cc1cccc(C(C)C)c1NC(=O)Cn1c(C)cc2ccccc21. The van der Waals surface area contributed by atoms with Crippen LogP contribution in [0.25, 0.3) is 10.9 Å². The molecule has 1 N–H and O–H groups in total. The molecule has 3 aromatic rings. The summed E-state index contributed by atoms with van der Waals surface area (Å²) in [5.41, 5.74) is 5.42. The minimum Gasteiger partial charge on any atom is -0.335 e. The third kappa shape index (κ3) is 3.07.